The maximum absolute atomic E-state index is 11.2. The van der Waals surface area contributed by atoms with Crippen molar-refractivity contribution in [1.29, 1.82) is 0 Å². The number of hydrogen-bond donors (Lipinski definition) is 2. The normalized spacial score (nSPS) is 11.7. The molecule has 0 fully saturated rings. The van der Waals surface area contributed by atoms with Gasteiger partial charge >= 0.3 is 5.97 Å². The van der Waals surface area contributed by atoms with E-state index >= 15 is 0 Å². The average molecular weight is 310 g/mol. The highest BCUT2D eigenvalue weighted by atomic mass is 32.2. The Hall–Kier alpha value is -1.23. The zero-order valence-electron chi connectivity index (χ0n) is 13.6. The van der Waals surface area contributed by atoms with Crippen LogP contribution >= 0.6 is 11.8 Å². The van der Waals surface area contributed by atoms with Crippen LogP contribution in [0.5, 0.6) is 0 Å². The van der Waals surface area contributed by atoms with Crippen LogP contribution in [-0.2, 0) is 0 Å². The van der Waals surface area contributed by atoms with E-state index in [1.807, 2.05) is 25.6 Å². The molecule has 1 aromatic rings. The summed E-state index contributed by atoms with van der Waals surface area (Å²) in [5.74, 6) is -0.0594. The summed E-state index contributed by atoms with van der Waals surface area (Å²) >= 11 is 1.85. The van der Waals surface area contributed by atoms with Crippen LogP contribution in [0.4, 0.5) is 5.82 Å². The first-order valence-electron chi connectivity index (χ1n) is 7.41. The van der Waals surface area contributed by atoms with E-state index in [0.717, 1.165) is 25.1 Å². The first-order valence-corrected chi connectivity index (χ1v) is 8.64. The van der Waals surface area contributed by atoms with Crippen LogP contribution in [0.15, 0.2) is 12.1 Å². The first-order chi connectivity index (χ1) is 9.87. The third-order valence-electron chi connectivity index (χ3n) is 4.00. The Morgan fingerprint density at radius 2 is 2.00 bits per heavy atom. The SMILES string of the molecule is CCC(CC)(CNc1cc(C(=O)O)cc(C(C)C)n1)SC. The number of anilines is 1. The molecule has 0 amide bonds. The van der Waals surface area contributed by atoms with Gasteiger partial charge in [0.2, 0.25) is 0 Å². The Balaban J connectivity index is 2.99. The molecule has 0 radical (unpaired) electrons. The number of rotatable bonds is 8. The number of nitrogens with one attached hydrogen (secondary N) is 1. The molecule has 0 aromatic carbocycles. The van der Waals surface area contributed by atoms with Crippen molar-refractivity contribution in [3.8, 4) is 0 Å². The van der Waals surface area contributed by atoms with Crippen LogP contribution in [0, 0.1) is 0 Å². The largest absolute Gasteiger partial charge is 0.478 e. The van der Waals surface area contributed by atoms with Gasteiger partial charge in [-0.25, -0.2) is 9.78 Å². The van der Waals surface area contributed by atoms with Gasteiger partial charge in [0.15, 0.2) is 0 Å². The predicted octanol–water partition coefficient (Wildman–Crippen LogP) is 4.24. The van der Waals surface area contributed by atoms with E-state index in [-0.39, 0.29) is 10.7 Å². The average Bonchev–Trinajstić information content (AvgIpc) is 2.48. The molecule has 0 bridgehead atoms. The summed E-state index contributed by atoms with van der Waals surface area (Å²) in [6, 6.07) is 3.27. The molecule has 0 saturated carbocycles. The van der Waals surface area contributed by atoms with E-state index < -0.39 is 5.97 Å². The molecule has 5 heteroatoms. The van der Waals surface area contributed by atoms with Crippen LogP contribution in [0.3, 0.4) is 0 Å². The highest BCUT2D eigenvalue weighted by molar-refractivity contribution is 8.00. The molecule has 118 valence electrons. The van der Waals surface area contributed by atoms with Crippen LogP contribution in [-0.4, -0.2) is 33.6 Å². The number of carbonyl (C=O) groups is 1. The number of nitrogens with zero attached hydrogens (tertiary/aromatic N) is 1. The number of aromatic nitrogens is 1. The number of pyridine rings is 1. The fraction of sp³-hybridized carbons (Fsp3) is 0.625. The minimum absolute atomic E-state index is 0.166. The Bertz CT molecular complexity index is 477. The molecule has 21 heavy (non-hydrogen) atoms. The standard InChI is InChI=1S/C16H26N2O2S/c1-6-16(7-2,21-5)10-17-14-9-12(15(19)20)8-13(18-14)11(3)4/h8-9,11H,6-7,10H2,1-5H3,(H,17,18)(H,19,20). The van der Waals surface area contributed by atoms with Gasteiger partial charge in [0.25, 0.3) is 0 Å². The van der Waals surface area contributed by atoms with Crippen molar-refractivity contribution in [1.82, 2.24) is 4.98 Å². The predicted molar refractivity (Wildman–Crippen MR) is 90.6 cm³/mol. The van der Waals surface area contributed by atoms with Crippen molar-refractivity contribution in [2.24, 2.45) is 0 Å². The van der Waals surface area contributed by atoms with E-state index in [0.29, 0.717) is 11.4 Å². The topological polar surface area (TPSA) is 62.2 Å². The molecule has 4 nitrogen and oxygen atoms in total. The van der Waals surface area contributed by atoms with Crippen LogP contribution < -0.4 is 5.32 Å². The molecule has 0 aliphatic heterocycles. The fourth-order valence-corrected chi connectivity index (χ4v) is 2.97. The van der Waals surface area contributed by atoms with Crippen molar-refractivity contribution in [3.63, 3.8) is 0 Å². The van der Waals surface area contributed by atoms with Crippen LogP contribution in [0.2, 0.25) is 0 Å². The highest BCUT2D eigenvalue weighted by Crippen LogP contribution is 2.30. The second kappa shape index (κ2) is 7.69. The summed E-state index contributed by atoms with van der Waals surface area (Å²) in [4.78, 5) is 15.8. The van der Waals surface area contributed by atoms with Crippen molar-refractivity contribution < 1.29 is 9.90 Å². The van der Waals surface area contributed by atoms with E-state index in [9.17, 15) is 9.90 Å². The van der Waals surface area contributed by atoms with Gasteiger partial charge in [0, 0.05) is 17.0 Å². The van der Waals surface area contributed by atoms with Crippen molar-refractivity contribution in [2.45, 2.75) is 51.2 Å². The Morgan fingerprint density at radius 3 is 2.43 bits per heavy atom. The fourth-order valence-electron chi connectivity index (χ4n) is 2.17. The lowest BCUT2D eigenvalue weighted by Gasteiger charge is -2.30. The van der Waals surface area contributed by atoms with Gasteiger partial charge in [-0.3, -0.25) is 0 Å². The summed E-state index contributed by atoms with van der Waals surface area (Å²) in [6.07, 6.45) is 4.25. The van der Waals surface area contributed by atoms with Gasteiger partial charge < -0.3 is 10.4 Å². The Labute approximate surface area is 131 Å². The molecular formula is C16H26N2O2S. The van der Waals surface area contributed by atoms with Gasteiger partial charge in [-0.1, -0.05) is 27.7 Å². The highest BCUT2D eigenvalue weighted by Gasteiger charge is 2.24. The molecule has 1 heterocycles. The van der Waals surface area contributed by atoms with E-state index in [1.165, 1.54) is 0 Å². The number of thioether (sulfide) groups is 1. The number of hydrogen-bond acceptors (Lipinski definition) is 4. The van der Waals surface area contributed by atoms with Crippen molar-refractivity contribution >= 4 is 23.5 Å². The van der Waals surface area contributed by atoms with Crippen LogP contribution in [0.1, 0.15) is 62.5 Å². The number of carboxylic acid groups (broad SMARTS) is 1. The van der Waals surface area contributed by atoms with Crippen molar-refractivity contribution in [3.05, 3.63) is 23.4 Å². The maximum atomic E-state index is 11.2. The molecule has 0 aliphatic rings. The monoisotopic (exact) mass is 310 g/mol. The lowest BCUT2D eigenvalue weighted by Crippen LogP contribution is -2.32. The second-order valence-electron chi connectivity index (χ2n) is 5.57. The zero-order valence-corrected chi connectivity index (χ0v) is 14.4. The molecule has 0 saturated heterocycles. The van der Waals surface area contributed by atoms with E-state index in [4.69, 9.17) is 0 Å². The van der Waals surface area contributed by atoms with Crippen molar-refractivity contribution in [2.75, 3.05) is 18.1 Å². The van der Waals surface area contributed by atoms with E-state index in [2.05, 4.69) is 30.4 Å². The molecule has 1 rings (SSSR count). The summed E-state index contributed by atoms with van der Waals surface area (Å²) in [7, 11) is 0. The summed E-state index contributed by atoms with van der Waals surface area (Å²) < 4.78 is 0.166. The minimum Gasteiger partial charge on any atom is -0.478 e. The summed E-state index contributed by atoms with van der Waals surface area (Å²) in [5.41, 5.74) is 1.10. The lowest BCUT2D eigenvalue weighted by atomic mass is 10.0. The van der Waals surface area contributed by atoms with Gasteiger partial charge in [-0.15, -0.1) is 0 Å². The Morgan fingerprint density at radius 1 is 1.38 bits per heavy atom. The summed E-state index contributed by atoms with van der Waals surface area (Å²) in [6.45, 7) is 9.18. The van der Waals surface area contributed by atoms with Crippen LogP contribution in [0.25, 0.3) is 0 Å². The van der Waals surface area contributed by atoms with Gasteiger partial charge in [-0.2, -0.15) is 11.8 Å². The third-order valence-corrected chi connectivity index (χ3v) is 5.58. The van der Waals surface area contributed by atoms with E-state index in [1.54, 1.807) is 12.1 Å². The minimum atomic E-state index is -0.913. The molecule has 0 aliphatic carbocycles. The number of aromatic carboxylic acids is 1. The summed E-state index contributed by atoms with van der Waals surface area (Å²) in [5, 5.41) is 12.6. The molecule has 0 atom stereocenters. The second-order valence-corrected chi connectivity index (χ2v) is 6.85. The first kappa shape index (κ1) is 17.8. The van der Waals surface area contributed by atoms with Gasteiger partial charge in [0.1, 0.15) is 5.82 Å². The third kappa shape index (κ3) is 4.63. The molecule has 0 spiro atoms. The smallest absolute Gasteiger partial charge is 0.335 e. The molecule has 2 N–H and O–H groups in total. The quantitative estimate of drug-likeness (QED) is 0.752. The molecule has 1 aromatic heterocycles. The molecular weight excluding hydrogens is 284 g/mol. The van der Waals surface area contributed by atoms with Gasteiger partial charge in [0.05, 0.1) is 5.56 Å². The Kier molecular flexibility index (Phi) is 6.52. The van der Waals surface area contributed by atoms with Gasteiger partial charge in [-0.05, 0) is 37.1 Å². The lowest BCUT2D eigenvalue weighted by molar-refractivity contribution is 0.0696. The number of carboxylic acids is 1. The zero-order chi connectivity index (χ0) is 16.0. The maximum Gasteiger partial charge on any atom is 0.335 e. The molecule has 0 unspecified atom stereocenters.